The van der Waals surface area contributed by atoms with Crippen molar-refractivity contribution in [1.82, 2.24) is 0 Å². The van der Waals surface area contributed by atoms with Crippen LogP contribution in [0.4, 0.5) is 0 Å². The van der Waals surface area contributed by atoms with E-state index in [4.69, 9.17) is 0 Å². The van der Waals surface area contributed by atoms with Crippen LogP contribution in [0.5, 0.6) is 0 Å². The second-order valence-corrected chi connectivity index (χ2v) is 2.44. The number of hydrogen-bond acceptors (Lipinski definition) is 0. The minimum absolute atomic E-state index is 0. The predicted octanol–water partition coefficient (Wildman–Crippen LogP) is 2.64. The highest BCUT2D eigenvalue weighted by atomic mass is 32.1. The summed E-state index contributed by atoms with van der Waals surface area (Å²) in [5.74, 6) is 0. The van der Waals surface area contributed by atoms with Gasteiger partial charge in [0.2, 0.25) is 0 Å². The number of aryl methyl sites for hydroxylation is 1. The minimum atomic E-state index is 0. The van der Waals surface area contributed by atoms with Crippen LogP contribution in [-0.2, 0) is 12.6 Å². The molecule has 0 aromatic heterocycles. The van der Waals surface area contributed by atoms with Gasteiger partial charge in [0.1, 0.15) is 4.90 Å². The van der Waals surface area contributed by atoms with Gasteiger partial charge in [-0.15, -0.1) is 0 Å². The van der Waals surface area contributed by atoms with Crippen LogP contribution >= 0.6 is 0 Å². The normalized spacial score (nSPS) is 7.40. The maximum atomic E-state index is 3.39. The molecule has 0 saturated carbocycles. The van der Waals surface area contributed by atoms with Gasteiger partial charge in [0, 0.05) is 0 Å². The lowest BCUT2D eigenvalue weighted by atomic mass is 10.2. The zero-order chi connectivity index (χ0) is 5.98. The third-order valence-corrected chi connectivity index (χ3v) is 1.38. The van der Waals surface area contributed by atoms with E-state index in [9.17, 15) is 0 Å². The number of hydrogen-bond donors (Lipinski definition) is 0. The molecule has 1 aromatic rings. The summed E-state index contributed by atoms with van der Waals surface area (Å²) in [6.45, 7) is 2.08. The van der Waals surface area contributed by atoms with Gasteiger partial charge in [-0.25, -0.2) is 0 Å². The second-order valence-electron chi connectivity index (χ2n) is 1.87. The zero-order valence-corrected chi connectivity index (χ0v) is 5.81. The fourth-order valence-electron chi connectivity index (χ4n) is 0.554. The van der Waals surface area contributed by atoms with Crippen molar-refractivity contribution >= 4 is 12.6 Å². The molecular weight excluding hydrogens is 140 g/mol. The van der Waals surface area contributed by atoms with Gasteiger partial charge in [-0.2, -0.15) is 0 Å². The van der Waals surface area contributed by atoms with E-state index in [2.05, 4.69) is 31.7 Å². The maximum Gasteiger partial charge on any atom is 0.150 e. The summed E-state index contributed by atoms with van der Waals surface area (Å²) in [7, 11) is 0. The first-order chi connectivity index (χ1) is 3.79. The standard InChI is InChI=1S/C7H8S.2CH4/c1-6-2-4-7(8)5-3-6;;/h2-5,8H,1H3;2*1H4/p+1. The van der Waals surface area contributed by atoms with E-state index < -0.39 is 0 Å². The Kier molecular flexibility index (Phi) is 6.58. The van der Waals surface area contributed by atoms with E-state index in [1.165, 1.54) is 5.56 Å². The van der Waals surface area contributed by atoms with Crippen LogP contribution in [-0.4, -0.2) is 0 Å². The molecule has 0 aliphatic heterocycles. The van der Waals surface area contributed by atoms with E-state index in [1.54, 1.807) is 0 Å². The minimum Gasteiger partial charge on any atom is -0.0776 e. The van der Waals surface area contributed by atoms with Crippen molar-refractivity contribution in [2.24, 2.45) is 0 Å². The number of benzene rings is 1. The van der Waals surface area contributed by atoms with Crippen molar-refractivity contribution in [1.29, 1.82) is 0 Å². The highest BCUT2D eigenvalue weighted by Crippen LogP contribution is 1.99. The summed E-state index contributed by atoms with van der Waals surface area (Å²) >= 11 is 3.39. The first-order valence-electron chi connectivity index (χ1n) is 2.57. The van der Waals surface area contributed by atoms with Gasteiger partial charge in [0.15, 0.2) is 0 Å². The third kappa shape index (κ3) is 3.57. The van der Waals surface area contributed by atoms with Crippen LogP contribution < -0.4 is 0 Å². The van der Waals surface area contributed by atoms with Gasteiger partial charge >= 0.3 is 0 Å². The Morgan fingerprint density at radius 2 is 1.40 bits per heavy atom. The molecule has 0 aliphatic rings. The lowest BCUT2D eigenvalue weighted by molar-refractivity contribution is 1.38. The lowest BCUT2D eigenvalue weighted by Gasteiger charge is -1.85. The highest BCUT2D eigenvalue weighted by Gasteiger charge is 1.86. The van der Waals surface area contributed by atoms with Gasteiger partial charge in [-0.1, -0.05) is 32.5 Å². The van der Waals surface area contributed by atoms with Crippen molar-refractivity contribution in [3.8, 4) is 0 Å². The van der Waals surface area contributed by atoms with E-state index in [-0.39, 0.29) is 14.9 Å². The molecule has 0 N–H and O–H groups in total. The second kappa shape index (κ2) is 5.36. The Labute approximate surface area is 69.7 Å². The summed E-state index contributed by atoms with van der Waals surface area (Å²) in [6.07, 6.45) is 0. The van der Waals surface area contributed by atoms with E-state index in [0.29, 0.717) is 0 Å². The molecule has 10 heavy (non-hydrogen) atoms. The monoisotopic (exact) mass is 157 g/mol. The molecule has 0 fully saturated rings. The predicted molar refractivity (Wildman–Crippen MR) is 53.1 cm³/mol. The SMILES string of the molecule is C.C.Cc1ccc([SH2+])cc1. The molecule has 0 spiro atoms. The average Bonchev–Trinajstić information content (AvgIpc) is 1.77. The molecule has 0 saturated heterocycles. The van der Waals surface area contributed by atoms with Crippen LogP contribution in [0.2, 0.25) is 0 Å². The molecule has 0 amide bonds. The van der Waals surface area contributed by atoms with Gasteiger partial charge in [0.05, 0.1) is 0 Å². The van der Waals surface area contributed by atoms with Crippen LogP contribution in [0.15, 0.2) is 29.2 Å². The van der Waals surface area contributed by atoms with Crippen LogP contribution in [0.1, 0.15) is 20.4 Å². The quantitative estimate of drug-likeness (QED) is 0.508. The first kappa shape index (κ1) is 12.3. The average molecular weight is 157 g/mol. The van der Waals surface area contributed by atoms with Crippen molar-refractivity contribution < 1.29 is 0 Å². The molecule has 0 unspecified atom stereocenters. The number of rotatable bonds is 0. The van der Waals surface area contributed by atoms with Gasteiger partial charge in [-0.3, -0.25) is 0 Å². The van der Waals surface area contributed by atoms with E-state index in [1.807, 2.05) is 12.1 Å². The van der Waals surface area contributed by atoms with Crippen molar-refractivity contribution in [2.45, 2.75) is 26.7 Å². The molecule has 0 atom stereocenters. The molecule has 1 aromatic carbocycles. The summed E-state index contributed by atoms with van der Waals surface area (Å²) in [4.78, 5) is 1.13. The van der Waals surface area contributed by atoms with Gasteiger partial charge in [0.25, 0.3) is 0 Å². The van der Waals surface area contributed by atoms with Crippen LogP contribution in [0, 0.1) is 6.92 Å². The molecule has 0 radical (unpaired) electrons. The van der Waals surface area contributed by atoms with Crippen molar-refractivity contribution in [3.05, 3.63) is 29.8 Å². The maximum absolute atomic E-state index is 3.39. The van der Waals surface area contributed by atoms with Crippen molar-refractivity contribution in [2.75, 3.05) is 0 Å². The molecule has 0 nitrogen and oxygen atoms in total. The third-order valence-electron chi connectivity index (χ3n) is 1.05. The molecular formula is C9H17S+. The molecule has 58 valence electrons. The topological polar surface area (TPSA) is 0 Å². The fourth-order valence-corrected chi connectivity index (χ4v) is 0.720. The van der Waals surface area contributed by atoms with Crippen LogP contribution in [0.3, 0.4) is 0 Å². The summed E-state index contributed by atoms with van der Waals surface area (Å²) in [6, 6.07) is 8.21. The Bertz CT molecular complexity index is 144. The molecule has 1 heteroatoms. The summed E-state index contributed by atoms with van der Waals surface area (Å²) in [5.41, 5.74) is 1.30. The highest BCUT2D eigenvalue weighted by molar-refractivity contribution is 7.58. The van der Waals surface area contributed by atoms with E-state index >= 15 is 0 Å². The lowest BCUT2D eigenvalue weighted by Crippen LogP contribution is -1.70. The van der Waals surface area contributed by atoms with Crippen LogP contribution in [0.25, 0.3) is 0 Å². The molecule has 0 heterocycles. The Balaban J connectivity index is 0. The van der Waals surface area contributed by atoms with Gasteiger partial charge < -0.3 is 0 Å². The molecule has 0 bridgehead atoms. The van der Waals surface area contributed by atoms with E-state index in [0.717, 1.165) is 4.90 Å². The Morgan fingerprint density at radius 3 is 1.70 bits per heavy atom. The zero-order valence-electron chi connectivity index (χ0n) is 4.81. The summed E-state index contributed by atoms with van der Waals surface area (Å²) in [5, 5.41) is 0. The molecule has 0 aliphatic carbocycles. The molecule has 1 rings (SSSR count). The fraction of sp³-hybridized carbons (Fsp3) is 0.333. The largest absolute Gasteiger partial charge is 0.150 e. The summed E-state index contributed by atoms with van der Waals surface area (Å²) < 4.78 is 0. The van der Waals surface area contributed by atoms with Crippen molar-refractivity contribution in [3.63, 3.8) is 0 Å². The smallest absolute Gasteiger partial charge is 0.0776 e. The first-order valence-corrected chi connectivity index (χ1v) is 3.07. The Morgan fingerprint density at radius 1 is 1.00 bits per heavy atom. The van der Waals surface area contributed by atoms with Gasteiger partial charge in [-0.05, 0) is 31.7 Å². The Hall–Kier alpha value is -0.430.